The number of thioether (sulfide) groups is 1. The molecule has 0 aromatic carbocycles. The van der Waals surface area contributed by atoms with E-state index in [4.69, 9.17) is 0 Å². The number of H-pyrrole nitrogens is 1. The molecule has 6 heteroatoms. The van der Waals surface area contributed by atoms with Gasteiger partial charge in [-0.15, -0.1) is 5.10 Å². The molecule has 0 atom stereocenters. The molecule has 0 unspecified atom stereocenters. The summed E-state index contributed by atoms with van der Waals surface area (Å²) in [5.41, 5.74) is -0.103. The third-order valence-corrected chi connectivity index (χ3v) is 4.45. The highest BCUT2D eigenvalue weighted by molar-refractivity contribution is 7.99. The molecule has 0 radical (unpaired) electrons. The standard InChI is InChI=1S/C13H25N3OS2/c1-2-16-12(17)14-15-13(16)19-11-9-7-5-3-4-6-8-10-18/h18H,2-11H2,1H3,(H,14,17). The van der Waals surface area contributed by atoms with Crippen molar-refractivity contribution < 1.29 is 0 Å². The molecule has 0 saturated carbocycles. The predicted molar refractivity (Wildman–Crippen MR) is 85.4 cm³/mol. The van der Waals surface area contributed by atoms with Gasteiger partial charge in [-0.05, 0) is 25.5 Å². The number of hydrogen-bond donors (Lipinski definition) is 2. The maximum atomic E-state index is 11.4. The van der Waals surface area contributed by atoms with Crippen LogP contribution in [0, 0.1) is 0 Å². The average Bonchev–Trinajstić information content (AvgIpc) is 2.77. The Morgan fingerprint density at radius 2 is 1.79 bits per heavy atom. The van der Waals surface area contributed by atoms with Crippen molar-refractivity contribution in [2.75, 3.05) is 11.5 Å². The third kappa shape index (κ3) is 6.56. The van der Waals surface area contributed by atoms with Crippen molar-refractivity contribution in [3.8, 4) is 0 Å². The summed E-state index contributed by atoms with van der Waals surface area (Å²) in [5, 5.41) is 7.36. The van der Waals surface area contributed by atoms with E-state index in [0.717, 1.165) is 16.7 Å². The van der Waals surface area contributed by atoms with E-state index < -0.39 is 0 Å². The van der Waals surface area contributed by atoms with E-state index in [1.165, 1.54) is 44.9 Å². The molecule has 0 saturated heterocycles. The van der Waals surface area contributed by atoms with Gasteiger partial charge < -0.3 is 0 Å². The summed E-state index contributed by atoms with van der Waals surface area (Å²) < 4.78 is 1.68. The van der Waals surface area contributed by atoms with Crippen LogP contribution in [0.15, 0.2) is 9.95 Å². The van der Waals surface area contributed by atoms with Gasteiger partial charge >= 0.3 is 5.69 Å². The van der Waals surface area contributed by atoms with Gasteiger partial charge in [0.15, 0.2) is 5.16 Å². The van der Waals surface area contributed by atoms with E-state index >= 15 is 0 Å². The Morgan fingerprint density at radius 3 is 2.42 bits per heavy atom. The number of nitrogens with zero attached hydrogens (tertiary/aromatic N) is 2. The minimum Gasteiger partial charge on any atom is -0.270 e. The first-order valence-electron chi connectivity index (χ1n) is 7.18. The Morgan fingerprint density at radius 1 is 1.16 bits per heavy atom. The maximum Gasteiger partial charge on any atom is 0.343 e. The lowest BCUT2D eigenvalue weighted by Gasteiger charge is -2.03. The summed E-state index contributed by atoms with van der Waals surface area (Å²) in [6, 6.07) is 0. The number of rotatable bonds is 11. The van der Waals surface area contributed by atoms with Crippen LogP contribution in [0.25, 0.3) is 0 Å². The monoisotopic (exact) mass is 303 g/mol. The van der Waals surface area contributed by atoms with Crippen molar-refractivity contribution in [1.82, 2.24) is 14.8 Å². The van der Waals surface area contributed by atoms with Gasteiger partial charge in [0.25, 0.3) is 0 Å². The average molecular weight is 303 g/mol. The number of thiol groups is 1. The van der Waals surface area contributed by atoms with Gasteiger partial charge in [-0.25, -0.2) is 9.89 Å². The largest absolute Gasteiger partial charge is 0.343 e. The minimum atomic E-state index is -0.103. The van der Waals surface area contributed by atoms with Crippen LogP contribution >= 0.6 is 24.4 Å². The van der Waals surface area contributed by atoms with Crippen LogP contribution in [0.5, 0.6) is 0 Å². The van der Waals surface area contributed by atoms with Gasteiger partial charge in [-0.1, -0.05) is 43.9 Å². The van der Waals surface area contributed by atoms with E-state index in [-0.39, 0.29) is 5.69 Å². The summed E-state index contributed by atoms with van der Waals surface area (Å²) >= 11 is 5.88. The summed E-state index contributed by atoms with van der Waals surface area (Å²) in [7, 11) is 0. The number of aromatic nitrogens is 3. The topological polar surface area (TPSA) is 50.7 Å². The van der Waals surface area contributed by atoms with Crippen LogP contribution in [0.4, 0.5) is 0 Å². The molecule has 0 spiro atoms. The van der Waals surface area contributed by atoms with Crippen LogP contribution in [0.2, 0.25) is 0 Å². The fraction of sp³-hybridized carbons (Fsp3) is 0.846. The molecule has 4 nitrogen and oxygen atoms in total. The number of aromatic amines is 1. The zero-order valence-corrected chi connectivity index (χ0v) is 13.4. The van der Waals surface area contributed by atoms with Gasteiger partial charge in [0.2, 0.25) is 0 Å². The molecular formula is C13H25N3OS2. The Bertz CT molecular complexity index is 389. The predicted octanol–water partition coefficient (Wildman–Crippen LogP) is 3.34. The smallest absolute Gasteiger partial charge is 0.270 e. The van der Waals surface area contributed by atoms with Crippen molar-refractivity contribution in [3.05, 3.63) is 10.5 Å². The van der Waals surface area contributed by atoms with Gasteiger partial charge in [0, 0.05) is 12.3 Å². The van der Waals surface area contributed by atoms with Crippen LogP contribution in [-0.2, 0) is 6.54 Å². The molecule has 0 aliphatic carbocycles. The molecule has 1 heterocycles. The quantitative estimate of drug-likeness (QED) is 0.374. The van der Waals surface area contributed by atoms with Crippen molar-refractivity contribution in [1.29, 1.82) is 0 Å². The first-order chi connectivity index (χ1) is 9.29. The first kappa shape index (κ1) is 16.7. The van der Waals surface area contributed by atoms with Crippen molar-refractivity contribution in [2.24, 2.45) is 0 Å². The first-order valence-corrected chi connectivity index (χ1v) is 8.80. The summed E-state index contributed by atoms with van der Waals surface area (Å²) in [6.45, 7) is 2.65. The second kappa shape index (κ2) is 10.4. The van der Waals surface area contributed by atoms with E-state index in [1.807, 2.05) is 6.92 Å². The maximum absolute atomic E-state index is 11.4. The van der Waals surface area contributed by atoms with E-state index in [0.29, 0.717) is 6.54 Å². The lowest BCUT2D eigenvalue weighted by molar-refractivity contribution is 0.605. The van der Waals surface area contributed by atoms with E-state index in [9.17, 15) is 4.79 Å². The number of unbranched alkanes of at least 4 members (excludes halogenated alkanes) is 6. The zero-order valence-electron chi connectivity index (χ0n) is 11.7. The van der Waals surface area contributed by atoms with Crippen LogP contribution in [0.3, 0.4) is 0 Å². The molecule has 0 bridgehead atoms. The molecule has 110 valence electrons. The van der Waals surface area contributed by atoms with Crippen molar-refractivity contribution in [3.63, 3.8) is 0 Å². The zero-order chi connectivity index (χ0) is 13.9. The Kier molecular flexibility index (Phi) is 9.16. The molecule has 0 amide bonds. The summed E-state index contributed by atoms with van der Waals surface area (Å²) in [6.07, 6.45) is 9.01. The summed E-state index contributed by atoms with van der Waals surface area (Å²) in [5.74, 6) is 2.06. The van der Waals surface area contributed by atoms with E-state index in [1.54, 1.807) is 16.3 Å². The second-order valence-electron chi connectivity index (χ2n) is 4.60. The highest BCUT2D eigenvalue weighted by atomic mass is 32.2. The third-order valence-electron chi connectivity index (χ3n) is 3.07. The molecule has 19 heavy (non-hydrogen) atoms. The van der Waals surface area contributed by atoms with Gasteiger partial charge in [0.1, 0.15) is 0 Å². The lowest BCUT2D eigenvalue weighted by Crippen LogP contribution is -2.16. The van der Waals surface area contributed by atoms with E-state index in [2.05, 4.69) is 22.8 Å². The normalized spacial score (nSPS) is 11.1. The Balaban J connectivity index is 2.03. The molecule has 1 aromatic rings. The fourth-order valence-electron chi connectivity index (χ4n) is 1.95. The minimum absolute atomic E-state index is 0.103. The lowest BCUT2D eigenvalue weighted by atomic mass is 10.1. The molecular weight excluding hydrogens is 278 g/mol. The van der Waals surface area contributed by atoms with Crippen molar-refractivity contribution in [2.45, 2.75) is 63.6 Å². The molecule has 1 aromatic heterocycles. The molecule has 1 rings (SSSR count). The molecule has 0 aliphatic rings. The molecule has 0 fully saturated rings. The fourth-order valence-corrected chi connectivity index (χ4v) is 3.19. The Labute approximate surface area is 125 Å². The van der Waals surface area contributed by atoms with Gasteiger partial charge in [0.05, 0.1) is 0 Å². The highest BCUT2D eigenvalue weighted by Gasteiger charge is 2.05. The van der Waals surface area contributed by atoms with Crippen LogP contribution in [-0.4, -0.2) is 26.3 Å². The van der Waals surface area contributed by atoms with Crippen LogP contribution < -0.4 is 5.69 Å². The molecule has 1 N–H and O–H groups in total. The van der Waals surface area contributed by atoms with Crippen molar-refractivity contribution >= 4 is 24.4 Å². The second-order valence-corrected chi connectivity index (χ2v) is 6.11. The van der Waals surface area contributed by atoms with Gasteiger partial charge in [-0.3, -0.25) is 4.57 Å². The highest BCUT2D eigenvalue weighted by Crippen LogP contribution is 2.16. The Hall–Kier alpha value is -0.360. The number of nitrogens with one attached hydrogen (secondary N) is 1. The summed E-state index contributed by atoms with van der Waals surface area (Å²) in [4.78, 5) is 11.4. The SMILES string of the molecule is CCn1c(SCCCCCCCCCS)n[nH]c1=O. The van der Waals surface area contributed by atoms with Gasteiger partial charge in [-0.2, -0.15) is 12.6 Å². The van der Waals surface area contributed by atoms with Crippen LogP contribution in [0.1, 0.15) is 51.9 Å². The molecule has 0 aliphatic heterocycles. The number of hydrogen-bond acceptors (Lipinski definition) is 4.